The lowest BCUT2D eigenvalue weighted by atomic mass is 10.1. The van der Waals surface area contributed by atoms with Crippen LogP contribution in [0.1, 0.15) is 5.56 Å². The van der Waals surface area contributed by atoms with Crippen LogP contribution in [0.4, 0.5) is 0 Å². The van der Waals surface area contributed by atoms with E-state index in [1.807, 2.05) is 12.1 Å². The Hall–Kier alpha value is -1.63. The first-order valence-corrected chi connectivity index (χ1v) is 6.56. The molecule has 6 nitrogen and oxygen atoms in total. The SMILES string of the molecule is COc1ccc(C2(Cn3cncn3)OCCO2)c(Cl)c1. The van der Waals surface area contributed by atoms with Crippen molar-refractivity contribution in [2.24, 2.45) is 0 Å². The van der Waals surface area contributed by atoms with Crippen molar-refractivity contribution in [2.45, 2.75) is 12.3 Å². The number of halogens is 1. The monoisotopic (exact) mass is 295 g/mol. The zero-order chi connectivity index (χ0) is 14.0. The summed E-state index contributed by atoms with van der Waals surface area (Å²) in [5, 5.41) is 4.63. The number of hydrogen-bond acceptors (Lipinski definition) is 5. The second kappa shape index (κ2) is 5.40. The number of aromatic nitrogens is 3. The standard InChI is InChI=1S/C13H14ClN3O3/c1-18-10-2-3-11(12(14)6-10)13(19-4-5-20-13)7-17-9-15-8-16-17/h2-3,6,8-9H,4-5,7H2,1H3. The highest BCUT2D eigenvalue weighted by molar-refractivity contribution is 6.31. The van der Waals surface area contributed by atoms with Gasteiger partial charge in [-0.05, 0) is 18.2 Å². The Morgan fingerprint density at radius 2 is 2.20 bits per heavy atom. The van der Waals surface area contributed by atoms with Gasteiger partial charge in [-0.1, -0.05) is 11.6 Å². The van der Waals surface area contributed by atoms with Crippen LogP contribution in [0.2, 0.25) is 5.02 Å². The van der Waals surface area contributed by atoms with Crippen molar-refractivity contribution < 1.29 is 14.2 Å². The number of ether oxygens (including phenoxy) is 3. The van der Waals surface area contributed by atoms with E-state index in [-0.39, 0.29) is 0 Å². The van der Waals surface area contributed by atoms with Gasteiger partial charge in [0, 0.05) is 5.56 Å². The normalized spacial score (nSPS) is 17.3. The number of nitrogens with zero attached hydrogens (tertiary/aromatic N) is 3. The molecule has 0 bridgehead atoms. The summed E-state index contributed by atoms with van der Waals surface area (Å²) in [6, 6.07) is 5.42. The summed E-state index contributed by atoms with van der Waals surface area (Å²) < 4.78 is 18.5. The molecule has 1 aromatic heterocycles. The topological polar surface area (TPSA) is 58.4 Å². The van der Waals surface area contributed by atoms with Gasteiger partial charge in [-0.15, -0.1) is 0 Å². The minimum absolute atomic E-state index is 0.388. The maximum absolute atomic E-state index is 6.33. The summed E-state index contributed by atoms with van der Waals surface area (Å²) in [5.41, 5.74) is 0.757. The number of methoxy groups -OCH3 is 1. The highest BCUT2D eigenvalue weighted by atomic mass is 35.5. The first-order valence-electron chi connectivity index (χ1n) is 6.18. The van der Waals surface area contributed by atoms with Crippen molar-refractivity contribution in [3.05, 3.63) is 41.4 Å². The highest BCUT2D eigenvalue weighted by Gasteiger charge is 2.41. The van der Waals surface area contributed by atoms with Gasteiger partial charge in [-0.25, -0.2) is 9.67 Å². The van der Waals surface area contributed by atoms with Crippen LogP contribution in [0.3, 0.4) is 0 Å². The summed E-state index contributed by atoms with van der Waals surface area (Å²) in [5.74, 6) is -0.246. The van der Waals surface area contributed by atoms with E-state index in [2.05, 4.69) is 10.1 Å². The van der Waals surface area contributed by atoms with E-state index in [9.17, 15) is 0 Å². The van der Waals surface area contributed by atoms with Crippen molar-refractivity contribution in [3.63, 3.8) is 0 Å². The fourth-order valence-corrected chi connectivity index (χ4v) is 2.56. The van der Waals surface area contributed by atoms with E-state index < -0.39 is 5.79 Å². The molecule has 0 spiro atoms. The summed E-state index contributed by atoms with van der Waals surface area (Å²) in [6.07, 6.45) is 3.09. The molecular formula is C13H14ClN3O3. The number of benzene rings is 1. The average molecular weight is 296 g/mol. The third-order valence-corrected chi connectivity index (χ3v) is 3.49. The molecule has 1 aliphatic rings. The van der Waals surface area contributed by atoms with Crippen LogP contribution in [-0.4, -0.2) is 35.1 Å². The molecule has 1 fully saturated rings. The quantitative estimate of drug-likeness (QED) is 0.861. The Morgan fingerprint density at radius 1 is 1.40 bits per heavy atom. The summed E-state index contributed by atoms with van der Waals surface area (Å²) in [6.45, 7) is 1.41. The Labute approximate surface area is 121 Å². The van der Waals surface area contributed by atoms with Crippen molar-refractivity contribution in [1.29, 1.82) is 0 Å². The summed E-state index contributed by atoms with van der Waals surface area (Å²) in [7, 11) is 1.60. The van der Waals surface area contributed by atoms with E-state index >= 15 is 0 Å². The van der Waals surface area contributed by atoms with Gasteiger partial charge >= 0.3 is 0 Å². The molecule has 106 valence electrons. The smallest absolute Gasteiger partial charge is 0.216 e. The van der Waals surface area contributed by atoms with Gasteiger partial charge in [0.1, 0.15) is 24.9 Å². The van der Waals surface area contributed by atoms with Crippen LogP contribution < -0.4 is 4.74 Å². The van der Waals surface area contributed by atoms with Crippen LogP contribution in [0.25, 0.3) is 0 Å². The molecule has 1 aromatic carbocycles. The minimum Gasteiger partial charge on any atom is -0.497 e. The van der Waals surface area contributed by atoms with E-state index in [4.69, 9.17) is 25.8 Å². The fraction of sp³-hybridized carbons (Fsp3) is 0.385. The Kier molecular flexibility index (Phi) is 3.60. The average Bonchev–Trinajstić information content (AvgIpc) is 3.11. The van der Waals surface area contributed by atoms with Crippen LogP contribution in [0.15, 0.2) is 30.9 Å². The van der Waals surface area contributed by atoms with Crippen LogP contribution >= 0.6 is 11.6 Å². The second-order valence-electron chi connectivity index (χ2n) is 4.39. The molecule has 20 heavy (non-hydrogen) atoms. The lowest BCUT2D eigenvalue weighted by Gasteiger charge is -2.28. The van der Waals surface area contributed by atoms with Crippen molar-refractivity contribution in [2.75, 3.05) is 20.3 Å². The molecule has 0 amide bonds. The molecule has 0 saturated carbocycles. The third-order valence-electron chi connectivity index (χ3n) is 3.18. The molecule has 1 aliphatic heterocycles. The zero-order valence-corrected chi connectivity index (χ0v) is 11.7. The predicted octanol–water partition coefficient (Wildman–Crippen LogP) is 1.84. The van der Waals surface area contributed by atoms with E-state index in [1.165, 1.54) is 6.33 Å². The first-order chi connectivity index (χ1) is 9.73. The van der Waals surface area contributed by atoms with Gasteiger partial charge in [0.05, 0.1) is 25.3 Å². The highest BCUT2D eigenvalue weighted by Crippen LogP contribution is 2.38. The third kappa shape index (κ3) is 2.37. The Balaban J connectivity index is 1.98. The number of rotatable bonds is 4. The molecule has 0 aliphatic carbocycles. The van der Waals surface area contributed by atoms with Gasteiger partial charge in [-0.2, -0.15) is 5.10 Å². The second-order valence-corrected chi connectivity index (χ2v) is 4.80. The molecule has 0 N–H and O–H groups in total. The molecule has 1 saturated heterocycles. The molecule has 7 heteroatoms. The molecule has 0 unspecified atom stereocenters. The fourth-order valence-electron chi connectivity index (χ4n) is 2.25. The number of hydrogen-bond donors (Lipinski definition) is 0. The molecule has 0 radical (unpaired) electrons. The van der Waals surface area contributed by atoms with Gasteiger partial charge < -0.3 is 14.2 Å². The molecule has 2 aromatic rings. The maximum Gasteiger partial charge on any atom is 0.216 e. The van der Waals surface area contributed by atoms with Gasteiger partial charge in [0.25, 0.3) is 0 Å². The van der Waals surface area contributed by atoms with Gasteiger partial charge in [0.2, 0.25) is 5.79 Å². The van der Waals surface area contributed by atoms with E-state index in [1.54, 1.807) is 24.2 Å². The van der Waals surface area contributed by atoms with Crippen molar-refractivity contribution in [3.8, 4) is 5.75 Å². The maximum atomic E-state index is 6.33. The molecule has 3 rings (SSSR count). The van der Waals surface area contributed by atoms with E-state index in [0.29, 0.717) is 30.5 Å². The molecular weight excluding hydrogens is 282 g/mol. The largest absolute Gasteiger partial charge is 0.497 e. The predicted molar refractivity (Wildman–Crippen MR) is 71.6 cm³/mol. The summed E-state index contributed by atoms with van der Waals surface area (Å²) in [4.78, 5) is 3.93. The van der Waals surface area contributed by atoms with Gasteiger partial charge in [0.15, 0.2) is 0 Å². The molecule has 0 atom stereocenters. The van der Waals surface area contributed by atoms with Crippen LogP contribution in [-0.2, 0) is 21.8 Å². The first kappa shape index (κ1) is 13.4. The zero-order valence-electron chi connectivity index (χ0n) is 11.0. The van der Waals surface area contributed by atoms with Crippen LogP contribution in [0.5, 0.6) is 5.75 Å². The van der Waals surface area contributed by atoms with Crippen molar-refractivity contribution >= 4 is 11.6 Å². The lowest BCUT2D eigenvalue weighted by Crippen LogP contribution is -2.33. The molecule has 2 heterocycles. The Morgan fingerprint density at radius 3 is 2.80 bits per heavy atom. The van der Waals surface area contributed by atoms with Crippen molar-refractivity contribution in [1.82, 2.24) is 14.8 Å². The Bertz CT molecular complexity index is 583. The lowest BCUT2D eigenvalue weighted by molar-refractivity contribution is -0.177. The summed E-state index contributed by atoms with van der Waals surface area (Å²) >= 11 is 6.33. The minimum atomic E-state index is -0.933. The van der Waals surface area contributed by atoms with E-state index in [0.717, 1.165) is 5.56 Å². The van der Waals surface area contributed by atoms with Gasteiger partial charge in [-0.3, -0.25) is 0 Å². The van der Waals surface area contributed by atoms with Crippen LogP contribution in [0, 0.1) is 0 Å².